The summed E-state index contributed by atoms with van der Waals surface area (Å²) in [5.74, 6) is -0.593. The molecule has 2 aromatic carbocycles. The van der Waals surface area contributed by atoms with Crippen molar-refractivity contribution in [3.8, 4) is 0 Å². The van der Waals surface area contributed by atoms with Crippen molar-refractivity contribution in [3.63, 3.8) is 0 Å². The van der Waals surface area contributed by atoms with Gasteiger partial charge in [-0.05, 0) is 50.5 Å². The van der Waals surface area contributed by atoms with E-state index in [0.29, 0.717) is 21.5 Å². The molecule has 0 saturated heterocycles. The van der Waals surface area contributed by atoms with Gasteiger partial charge in [-0.25, -0.2) is 4.39 Å². The highest BCUT2D eigenvalue weighted by molar-refractivity contribution is 7.21. The molecule has 2 heterocycles. The number of anilines is 1. The number of hydrogen-bond acceptors (Lipinski definition) is 4. The average Bonchev–Trinajstić information content (AvgIpc) is 3.28. The molecule has 0 fully saturated rings. The number of hydrogen-bond donors (Lipinski definition) is 1. The molecule has 1 N–H and O–H groups in total. The predicted octanol–water partition coefficient (Wildman–Crippen LogP) is 4.96. The van der Waals surface area contributed by atoms with Crippen LogP contribution >= 0.6 is 11.3 Å². The van der Waals surface area contributed by atoms with Gasteiger partial charge in [0.2, 0.25) is 0 Å². The van der Waals surface area contributed by atoms with Crippen molar-refractivity contribution >= 4 is 43.9 Å². The maximum atomic E-state index is 14.4. The summed E-state index contributed by atoms with van der Waals surface area (Å²) in [5.41, 5.74) is 2.42. The van der Waals surface area contributed by atoms with E-state index in [2.05, 4.69) is 35.1 Å². The van der Waals surface area contributed by atoms with Gasteiger partial charge in [0.15, 0.2) is 0 Å². The summed E-state index contributed by atoms with van der Waals surface area (Å²) in [5, 5.41) is 4.49. The topological polar surface area (TPSA) is 46.5 Å². The molecule has 156 valence electrons. The Morgan fingerprint density at radius 2 is 2.07 bits per heavy atom. The van der Waals surface area contributed by atoms with Crippen LogP contribution in [0.4, 0.5) is 10.1 Å². The van der Waals surface area contributed by atoms with Crippen LogP contribution in [0.5, 0.6) is 0 Å². The van der Waals surface area contributed by atoms with Gasteiger partial charge in [-0.2, -0.15) is 0 Å². The van der Waals surface area contributed by atoms with Crippen molar-refractivity contribution in [2.45, 2.75) is 13.2 Å². The average molecular weight is 426 g/mol. The molecule has 0 unspecified atom stereocenters. The minimum absolute atomic E-state index is 0.178. The molecule has 0 atom stereocenters. The molecular formula is C23H24FN3O2S. The number of thiophene rings is 1. The SMILES string of the molecule is COCc1c(C(=O)Nc2ccc3c(ccn3CCN(C)C)c2)sc2cccc(F)c12. The zero-order valence-corrected chi connectivity index (χ0v) is 18.1. The van der Waals surface area contributed by atoms with Crippen LogP contribution in [-0.4, -0.2) is 43.1 Å². The second-order valence-electron chi connectivity index (χ2n) is 7.50. The van der Waals surface area contributed by atoms with E-state index >= 15 is 0 Å². The van der Waals surface area contributed by atoms with E-state index < -0.39 is 0 Å². The number of nitrogens with one attached hydrogen (secondary N) is 1. The van der Waals surface area contributed by atoms with Gasteiger partial charge >= 0.3 is 0 Å². The number of amides is 1. The first-order chi connectivity index (χ1) is 14.5. The lowest BCUT2D eigenvalue weighted by atomic mass is 10.1. The Morgan fingerprint density at radius 3 is 2.83 bits per heavy atom. The smallest absolute Gasteiger partial charge is 0.266 e. The van der Waals surface area contributed by atoms with Gasteiger partial charge in [0, 0.05) is 58.6 Å². The maximum Gasteiger partial charge on any atom is 0.266 e. The van der Waals surface area contributed by atoms with E-state index in [0.717, 1.165) is 28.7 Å². The highest BCUT2D eigenvalue weighted by Crippen LogP contribution is 2.34. The number of ether oxygens (including phenoxy) is 1. The highest BCUT2D eigenvalue weighted by Gasteiger charge is 2.21. The molecule has 4 rings (SSSR count). The molecule has 0 bridgehead atoms. The van der Waals surface area contributed by atoms with Crippen molar-refractivity contribution in [3.05, 3.63) is 64.9 Å². The van der Waals surface area contributed by atoms with Crippen LogP contribution in [0.1, 0.15) is 15.2 Å². The van der Waals surface area contributed by atoms with Crippen molar-refractivity contribution in [1.29, 1.82) is 0 Å². The van der Waals surface area contributed by atoms with E-state index in [4.69, 9.17) is 4.74 Å². The summed E-state index contributed by atoms with van der Waals surface area (Å²) in [6, 6.07) is 12.8. The minimum Gasteiger partial charge on any atom is -0.380 e. The second-order valence-corrected chi connectivity index (χ2v) is 8.55. The Morgan fingerprint density at radius 1 is 1.23 bits per heavy atom. The summed E-state index contributed by atoms with van der Waals surface area (Å²) in [6.07, 6.45) is 2.06. The molecule has 0 aliphatic rings. The van der Waals surface area contributed by atoms with Crippen LogP contribution < -0.4 is 5.32 Å². The maximum absolute atomic E-state index is 14.4. The third-order valence-electron chi connectivity index (χ3n) is 5.08. The molecule has 0 spiro atoms. The third-order valence-corrected chi connectivity index (χ3v) is 6.27. The van der Waals surface area contributed by atoms with Crippen molar-refractivity contribution in [2.75, 3.05) is 33.1 Å². The number of aromatic nitrogens is 1. The number of benzene rings is 2. The Hall–Kier alpha value is -2.74. The number of methoxy groups -OCH3 is 1. The number of carbonyl (C=O) groups excluding carboxylic acids is 1. The Labute approximate surface area is 178 Å². The number of rotatable bonds is 7. The van der Waals surface area contributed by atoms with Crippen LogP contribution in [0.3, 0.4) is 0 Å². The fourth-order valence-electron chi connectivity index (χ4n) is 3.60. The van der Waals surface area contributed by atoms with Crippen molar-refractivity contribution in [2.24, 2.45) is 0 Å². The molecule has 0 aliphatic heterocycles. The molecular weight excluding hydrogens is 401 g/mol. The lowest BCUT2D eigenvalue weighted by Gasteiger charge is -2.11. The quantitative estimate of drug-likeness (QED) is 0.455. The molecule has 4 aromatic rings. The Bertz CT molecular complexity index is 1210. The molecule has 2 aromatic heterocycles. The minimum atomic E-state index is -0.338. The van der Waals surface area contributed by atoms with Gasteiger partial charge in [-0.1, -0.05) is 6.07 Å². The second kappa shape index (κ2) is 8.55. The fraction of sp³-hybridized carbons (Fsp3) is 0.261. The molecule has 7 heteroatoms. The zero-order chi connectivity index (χ0) is 21.3. The molecule has 0 radical (unpaired) electrons. The fourth-order valence-corrected chi connectivity index (χ4v) is 4.72. The van der Waals surface area contributed by atoms with Gasteiger partial charge in [0.25, 0.3) is 5.91 Å². The van der Waals surface area contributed by atoms with Gasteiger partial charge in [0.05, 0.1) is 11.5 Å². The zero-order valence-electron chi connectivity index (χ0n) is 17.2. The monoisotopic (exact) mass is 425 g/mol. The highest BCUT2D eigenvalue weighted by atomic mass is 32.1. The van der Waals surface area contributed by atoms with E-state index in [9.17, 15) is 9.18 Å². The summed E-state index contributed by atoms with van der Waals surface area (Å²) < 4.78 is 22.6. The van der Waals surface area contributed by atoms with Crippen LogP contribution in [0.25, 0.3) is 21.0 Å². The first-order valence-electron chi connectivity index (χ1n) is 9.71. The third kappa shape index (κ3) is 3.96. The standard InChI is InChI=1S/C23H24FN3O2S/c1-26(2)11-12-27-10-9-15-13-16(7-8-19(15)27)25-23(28)22-17(14-29-3)21-18(24)5-4-6-20(21)30-22/h4-10,13H,11-12,14H2,1-3H3,(H,25,28). The van der Waals surface area contributed by atoms with Gasteiger partial charge in [0.1, 0.15) is 5.82 Å². The van der Waals surface area contributed by atoms with E-state index in [1.807, 2.05) is 30.3 Å². The molecule has 5 nitrogen and oxygen atoms in total. The summed E-state index contributed by atoms with van der Waals surface area (Å²) in [4.78, 5) is 15.6. The lowest BCUT2D eigenvalue weighted by Crippen LogP contribution is -2.17. The van der Waals surface area contributed by atoms with Gasteiger partial charge < -0.3 is 19.5 Å². The van der Waals surface area contributed by atoms with Gasteiger partial charge in [-0.3, -0.25) is 4.79 Å². The number of halogens is 1. The number of fused-ring (bicyclic) bond motifs is 2. The first-order valence-corrected chi connectivity index (χ1v) is 10.5. The van der Waals surface area contributed by atoms with Crippen LogP contribution in [0, 0.1) is 5.82 Å². The van der Waals surface area contributed by atoms with Gasteiger partial charge in [-0.15, -0.1) is 11.3 Å². The molecule has 30 heavy (non-hydrogen) atoms. The first kappa shape index (κ1) is 20.5. The Balaban J connectivity index is 1.62. The summed E-state index contributed by atoms with van der Waals surface area (Å²) in [7, 11) is 5.65. The summed E-state index contributed by atoms with van der Waals surface area (Å²) >= 11 is 1.28. The molecule has 0 saturated carbocycles. The van der Waals surface area contributed by atoms with E-state index in [1.165, 1.54) is 17.4 Å². The largest absolute Gasteiger partial charge is 0.380 e. The lowest BCUT2D eigenvalue weighted by molar-refractivity contribution is 0.102. The van der Waals surface area contributed by atoms with Crippen LogP contribution in [0.15, 0.2) is 48.7 Å². The van der Waals surface area contributed by atoms with Crippen LogP contribution in [-0.2, 0) is 17.9 Å². The normalized spacial score (nSPS) is 11.6. The van der Waals surface area contributed by atoms with E-state index in [1.54, 1.807) is 13.2 Å². The van der Waals surface area contributed by atoms with Crippen molar-refractivity contribution < 1.29 is 13.9 Å². The predicted molar refractivity (Wildman–Crippen MR) is 121 cm³/mol. The number of nitrogens with zero attached hydrogens (tertiary/aromatic N) is 2. The molecule has 0 aliphatic carbocycles. The Kier molecular flexibility index (Phi) is 5.85. The number of likely N-dealkylation sites (N-methyl/N-ethyl adjacent to an activating group) is 1. The van der Waals surface area contributed by atoms with E-state index in [-0.39, 0.29) is 18.3 Å². The van der Waals surface area contributed by atoms with Crippen molar-refractivity contribution in [1.82, 2.24) is 9.47 Å². The molecule has 1 amide bonds. The summed E-state index contributed by atoms with van der Waals surface area (Å²) in [6.45, 7) is 2.03. The van der Waals surface area contributed by atoms with Crippen LogP contribution in [0.2, 0.25) is 0 Å². The number of carbonyl (C=O) groups is 1.